The molecule has 0 aliphatic rings. The number of thiophene rings is 1. The molecule has 4 aromatic rings. The van der Waals surface area contributed by atoms with Gasteiger partial charge in [0, 0.05) is 10.9 Å². The highest BCUT2D eigenvalue weighted by atomic mass is 79.9. The number of nitrogens with one attached hydrogen (secondary N) is 1. The van der Waals surface area contributed by atoms with Gasteiger partial charge in [-0.1, -0.05) is 18.2 Å². The van der Waals surface area contributed by atoms with E-state index in [-0.39, 0.29) is 17.5 Å². The Balaban J connectivity index is 1.79. The van der Waals surface area contributed by atoms with Gasteiger partial charge in [0.15, 0.2) is 5.76 Å². The summed E-state index contributed by atoms with van der Waals surface area (Å²) in [5, 5.41) is 5.34. The molecule has 0 unspecified atom stereocenters. The number of amides is 1. The number of ketones is 1. The standard InChI is InChI=1S/C21H14BrNO4S/c1-26-16-9-8-12(11-14(16)22)19(24)20-18(13-5-2-3-6-15(13)27-20)23-21(25)17-7-4-10-28-17/h2-11H,1H3,(H,23,25). The molecule has 140 valence electrons. The molecule has 1 N–H and O–H groups in total. The summed E-state index contributed by atoms with van der Waals surface area (Å²) in [5.74, 6) is 0.0862. The van der Waals surface area contributed by atoms with Crippen molar-refractivity contribution in [3.05, 3.63) is 80.7 Å². The lowest BCUT2D eigenvalue weighted by molar-refractivity contribution is 0.101. The average Bonchev–Trinajstić information content (AvgIpc) is 3.36. The molecule has 2 aromatic carbocycles. The molecule has 0 saturated heterocycles. The van der Waals surface area contributed by atoms with Crippen LogP contribution < -0.4 is 10.1 Å². The van der Waals surface area contributed by atoms with E-state index in [1.54, 1.807) is 43.5 Å². The van der Waals surface area contributed by atoms with Gasteiger partial charge in [-0.3, -0.25) is 9.59 Å². The van der Waals surface area contributed by atoms with Gasteiger partial charge in [-0.15, -0.1) is 11.3 Å². The Morgan fingerprint density at radius 2 is 1.93 bits per heavy atom. The van der Waals surface area contributed by atoms with E-state index in [0.29, 0.717) is 37.3 Å². The van der Waals surface area contributed by atoms with Gasteiger partial charge >= 0.3 is 0 Å². The summed E-state index contributed by atoms with van der Waals surface area (Å²) in [6.07, 6.45) is 0. The number of para-hydroxylation sites is 1. The fourth-order valence-corrected chi connectivity index (χ4v) is 4.01. The predicted molar refractivity (Wildman–Crippen MR) is 113 cm³/mol. The number of methoxy groups -OCH3 is 1. The van der Waals surface area contributed by atoms with Crippen LogP contribution in [0.2, 0.25) is 0 Å². The number of furan rings is 1. The third kappa shape index (κ3) is 3.34. The van der Waals surface area contributed by atoms with Gasteiger partial charge in [0.1, 0.15) is 11.3 Å². The Labute approximate surface area is 173 Å². The van der Waals surface area contributed by atoms with E-state index in [1.165, 1.54) is 11.3 Å². The third-order valence-corrected chi connectivity index (χ3v) is 5.69. The Bertz CT molecular complexity index is 1180. The second-order valence-electron chi connectivity index (χ2n) is 5.91. The van der Waals surface area contributed by atoms with E-state index < -0.39 is 0 Å². The number of anilines is 1. The Hall–Kier alpha value is -2.90. The smallest absolute Gasteiger partial charge is 0.265 e. The fourth-order valence-electron chi connectivity index (χ4n) is 2.85. The summed E-state index contributed by atoms with van der Waals surface area (Å²) in [6.45, 7) is 0. The minimum atomic E-state index is -0.332. The number of rotatable bonds is 5. The number of benzene rings is 2. The quantitative estimate of drug-likeness (QED) is 0.389. The van der Waals surface area contributed by atoms with Crippen molar-refractivity contribution in [2.45, 2.75) is 0 Å². The maximum Gasteiger partial charge on any atom is 0.265 e. The monoisotopic (exact) mass is 455 g/mol. The SMILES string of the molecule is COc1ccc(C(=O)c2oc3ccccc3c2NC(=O)c2cccs2)cc1Br. The van der Waals surface area contributed by atoms with Crippen LogP contribution in [0.15, 0.2) is 68.9 Å². The molecule has 0 spiro atoms. The molecule has 0 radical (unpaired) electrons. The van der Waals surface area contributed by atoms with Crippen LogP contribution in [0.25, 0.3) is 11.0 Å². The Morgan fingerprint density at radius 3 is 2.64 bits per heavy atom. The molecule has 28 heavy (non-hydrogen) atoms. The van der Waals surface area contributed by atoms with Crippen molar-refractivity contribution in [3.8, 4) is 5.75 Å². The molecule has 2 aromatic heterocycles. The van der Waals surface area contributed by atoms with Crippen LogP contribution in [0.1, 0.15) is 25.8 Å². The van der Waals surface area contributed by atoms with Crippen molar-refractivity contribution in [2.24, 2.45) is 0 Å². The van der Waals surface area contributed by atoms with Crippen molar-refractivity contribution in [1.82, 2.24) is 0 Å². The molecular weight excluding hydrogens is 442 g/mol. The zero-order chi connectivity index (χ0) is 19.7. The number of hydrogen-bond acceptors (Lipinski definition) is 5. The van der Waals surface area contributed by atoms with Gasteiger partial charge in [0.2, 0.25) is 5.78 Å². The van der Waals surface area contributed by atoms with E-state index in [0.717, 1.165) is 0 Å². The first-order valence-corrected chi connectivity index (χ1v) is 10.0. The van der Waals surface area contributed by atoms with Crippen molar-refractivity contribution < 1.29 is 18.7 Å². The van der Waals surface area contributed by atoms with Crippen LogP contribution >= 0.6 is 27.3 Å². The number of carbonyl (C=O) groups excluding carboxylic acids is 2. The largest absolute Gasteiger partial charge is 0.496 e. The Morgan fingerprint density at radius 1 is 1.11 bits per heavy atom. The number of halogens is 1. The minimum Gasteiger partial charge on any atom is -0.496 e. The molecule has 0 aliphatic carbocycles. The number of fused-ring (bicyclic) bond motifs is 1. The second kappa shape index (κ2) is 7.61. The molecule has 0 bridgehead atoms. The maximum atomic E-state index is 13.2. The number of ether oxygens (including phenoxy) is 1. The zero-order valence-corrected chi connectivity index (χ0v) is 17.1. The lowest BCUT2D eigenvalue weighted by Crippen LogP contribution is -2.13. The van der Waals surface area contributed by atoms with Crippen LogP contribution in [-0.4, -0.2) is 18.8 Å². The molecule has 0 atom stereocenters. The van der Waals surface area contributed by atoms with E-state index >= 15 is 0 Å². The highest BCUT2D eigenvalue weighted by molar-refractivity contribution is 9.10. The van der Waals surface area contributed by atoms with Gasteiger partial charge in [-0.25, -0.2) is 0 Å². The Kier molecular flexibility index (Phi) is 5.02. The van der Waals surface area contributed by atoms with Gasteiger partial charge in [0.25, 0.3) is 5.91 Å². The summed E-state index contributed by atoms with van der Waals surface area (Å²) in [6, 6.07) is 15.8. The van der Waals surface area contributed by atoms with E-state index in [9.17, 15) is 9.59 Å². The van der Waals surface area contributed by atoms with Crippen LogP contribution in [0.3, 0.4) is 0 Å². The topological polar surface area (TPSA) is 68.5 Å². The van der Waals surface area contributed by atoms with E-state index in [1.807, 2.05) is 23.6 Å². The third-order valence-electron chi connectivity index (χ3n) is 4.20. The normalized spacial score (nSPS) is 10.8. The molecule has 0 aliphatic heterocycles. The number of carbonyl (C=O) groups is 2. The molecule has 5 nitrogen and oxygen atoms in total. The average molecular weight is 456 g/mol. The van der Waals surface area contributed by atoms with Crippen molar-refractivity contribution in [2.75, 3.05) is 12.4 Å². The van der Waals surface area contributed by atoms with Gasteiger partial charge in [0.05, 0.1) is 22.1 Å². The molecule has 2 heterocycles. The van der Waals surface area contributed by atoms with Gasteiger partial charge in [-0.05, 0) is 57.7 Å². The van der Waals surface area contributed by atoms with Crippen LogP contribution in [0.5, 0.6) is 5.75 Å². The van der Waals surface area contributed by atoms with Crippen molar-refractivity contribution >= 4 is 55.6 Å². The molecule has 7 heteroatoms. The minimum absolute atomic E-state index is 0.0863. The molecule has 4 rings (SSSR count). The summed E-state index contributed by atoms with van der Waals surface area (Å²) < 4.78 is 11.7. The summed E-state index contributed by atoms with van der Waals surface area (Å²) in [7, 11) is 1.55. The van der Waals surface area contributed by atoms with Crippen LogP contribution in [0, 0.1) is 0 Å². The first kappa shape index (κ1) is 18.5. The van der Waals surface area contributed by atoms with Crippen LogP contribution in [0.4, 0.5) is 5.69 Å². The highest BCUT2D eigenvalue weighted by Gasteiger charge is 2.24. The van der Waals surface area contributed by atoms with Crippen LogP contribution in [-0.2, 0) is 0 Å². The molecular formula is C21H14BrNO4S. The first-order chi connectivity index (χ1) is 13.6. The molecule has 0 saturated carbocycles. The van der Waals surface area contributed by atoms with E-state index in [2.05, 4.69) is 21.2 Å². The van der Waals surface area contributed by atoms with Crippen molar-refractivity contribution in [3.63, 3.8) is 0 Å². The molecule has 1 amide bonds. The summed E-state index contributed by atoms with van der Waals surface area (Å²) >= 11 is 4.72. The predicted octanol–water partition coefficient (Wildman–Crippen LogP) is 5.75. The first-order valence-electron chi connectivity index (χ1n) is 8.33. The van der Waals surface area contributed by atoms with Gasteiger partial charge < -0.3 is 14.5 Å². The molecule has 0 fully saturated rings. The lowest BCUT2D eigenvalue weighted by Gasteiger charge is -2.07. The second-order valence-corrected chi connectivity index (χ2v) is 7.71. The summed E-state index contributed by atoms with van der Waals surface area (Å²) in [4.78, 5) is 26.3. The van der Waals surface area contributed by atoms with Crippen molar-refractivity contribution in [1.29, 1.82) is 0 Å². The number of hydrogen-bond donors (Lipinski definition) is 1. The summed E-state index contributed by atoms with van der Waals surface area (Å²) in [5.41, 5.74) is 1.31. The maximum absolute atomic E-state index is 13.2. The fraction of sp³-hybridized carbons (Fsp3) is 0.0476. The zero-order valence-electron chi connectivity index (χ0n) is 14.7. The van der Waals surface area contributed by atoms with Gasteiger partial charge in [-0.2, -0.15) is 0 Å². The highest BCUT2D eigenvalue weighted by Crippen LogP contribution is 2.34. The lowest BCUT2D eigenvalue weighted by atomic mass is 10.1. The van der Waals surface area contributed by atoms with E-state index in [4.69, 9.17) is 9.15 Å².